The molecule has 0 radical (unpaired) electrons. The largest absolute Gasteiger partial charge is 0.447 e. The van der Waals surface area contributed by atoms with Crippen molar-refractivity contribution in [3.8, 4) is 0 Å². The van der Waals surface area contributed by atoms with Crippen LogP contribution < -0.4 is 5.43 Å². The summed E-state index contributed by atoms with van der Waals surface area (Å²) in [5.41, 5.74) is 3.78. The molecule has 126 valence electrons. The van der Waals surface area contributed by atoms with Crippen LogP contribution in [0.3, 0.4) is 0 Å². The number of carbonyl (C=O) groups excluding carboxylic acids is 1. The zero-order valence-corrected chi connectivity index (χ0v) is 15.4. The Labute approximate surface area is 156 Å². The van der Waals surface area contributed by atoms with Crippen molar-refractivity contribution in [2.45, 2.75) is 17.2 Å². The van der Waals surface area contributed by atoms with Gasteiger partial charge >= 0.3 is 0 Å². The molecule has 0 aliphatic heterocycles. The van der Waals surface area contributed by atoms with E-state index < -0.39 is 0 Å². The fourth-order valence-corrected chi connectivity index (χ4v) is 3.10. The Kier molecular flexibility index (Phi) is 5.56. The van der Waals surface area contributed by atoms with Gasteiger partial charge in [-0.25, -0.2) is 15.4 Å². The number of carbonyl (C=O) groups is 1. The molecule has 1 N–H and O–H groups in total. The summed E-state index contributed by atoms with van der Waals surface area (Å²) in [5, 5.41) is 5.09. The summed E-state index contributed by atoms with van der Waals surface area (Å²) in [6.07, 6.45) is 6.20. The van der Waals surface area contributed by atoms with E-state index in [0.717, 1.165) is 10.2 Å². The van der Waals surface area contributed by atoms with E-state index in [1.54, 1.807) is 36.8 Å². The molecule has 0 unspecified atom stereocenters. The van der Waals surface area contributed by atoms with E-state index in [2.05, 4.69) is 41.4 Å². The molecule has 9 heteroatoms. The van der Waals surface area contributed by atoms with Crippen LogP contribution in [-0.4, -0.2) is 27.1 Å². The van der Waals surface area contributed by atoms with Gasteiger partial charge in [-0.1, -0.05) is 0 Å². The summed E-state index contributed by atoms with van der Waals surface area (Å²) in [4.78, 5) is 24.2. The maximum atomic E-state index is 11.9. The number of hydrazone groups is 1. The first-order valence-corrected chi connectivity index (χ1v) is 8.73. The second-order valence-corrected chi connectivity index (χ2v) is 6.60. The quantitative estimate of drug-likeness (QED) is 0.388. The summed E-state index contributed by atoms with van der Waals surface area (Å²) in [6, 6.07) is 6.78. The van der Waals surface area contributed by atoms with E-state index >= 15 is 0 Å². The molecule has 25 heavy (non-hydrogen) atoms. The highest BCUT2D eigenvalue weighted by atomic mass is 79.9. The molecular formula is C16H12BrN5O2S. The lowest BCUT2D eigenvalue weighted by atomic mass is 10.3. The van der Waals surface area contributed by atoms with E-state index in [1.165, 1.54) is 18.0 Å². The van der Waals surface area contributed by atoms with Crippen LogP contribution in [0.4, 0.5) is 0 Å². The number of furan rings is 1. The van der Waals surface area contributed by atoms with E-state index in [-0.39, 0.29) is 5.91 Å². The Morgan fingerprint density at radius 3 is 2.88 bits per heavy atom. The monoisotopic (exact) mass is 417 g/mol. The third-order valence-corrected chi connectivity index (χ3v) is 4.65. The molecule has 3 rings (SSSR count). The van der Waals surface area contributed by atoms with Gasteiger partial charge < -0.3 is 4.42 Å². The minimum absolute atomic E-state index is 0.327. The molecule has 0 bridgehead atoms. The van der Waals surface area contributed by atoms with Crippen LogP contribution in [0, 0.1) is 6.92 Å². The first-order valence-electron chi connectivity index (χ1n) is 7.12. The summed E-state index contributed by atoms with van der Waals surface area (Å²) in [7, 11) is 0. The van der Waals surface area contributed by atoms with Crippen LogP contribution in [0.5, 0.6) is 0 Å². The second-order valence-electron chi connectivity index (χ2n) is 4.80. The normalized spacial score (nSPS) is 11.0. The Balaban J connectivity index is 1.65. The van der Waals surface area contributed by atoms with Crippen molar-refractivity contribution in [1.82, 2.24) is 20.4 Å². The van der Waals surface area contributed by atoms with E-state index in [9.17, 15) is 4.79 Å². The Bertz CT molecular complexity index is 914. The minimum atomic E-state index is -0.327. The Morgan fingerprint density at radius 2 is 2.12 bits per heavy atom. The predicted molar refractivity (Wildman–Crippen MR) is 96.6 cm³/mol. The topological polar surface area (TPSA) is 93.3 Å². The first-order chi connectivity index (χ1) is 12.1. The van der Waals surface area contributed by atoms with Crippen molar-refractivity contribution in [1.29, 1.82) is 0 Å². The van der Waals surface area contributed by atoms with Crippen molar-refractivity contribution >= 4 is 39.8 Å². The van der Waals surface area contributed by atoms with Gasteiger partial charge in [0.05, 0.1) is 10.7 Å². The van der Waals surface area contributed by atoms with Crippen molar-refractivity contribution < 1.29 is 9.21 Å². The molecule has 0 aromatic carbocycles. The number of aromatic nitrogens is 3. The maximum Gasteiger partial charge on any atom is 0.271 e. The third kappa shape index (κ3) is 4.74. The number of rotatable bonds is 5. The van der Waals surface area contributed by atoms with Crippen molar-refractivity contribution in [3.63, 3.8) is 0 Å². The zero-order chi connectivity index (χ0) is 17.6. The lowest BCUT2D eigenvalue weighted by Crippen LogP contribution is -2.17. The van der Waals surface area contributed by atoms with E-state index in [4.69, 9.17) is 4.42 Å². The standard InChI is InChI=1S/C16H12BrN5O2S/c1-10-2-7-19-16(21-10)25-15-13(17)8-12(24-15)9-20-22-14(23)11-3-5-18-6-4-11/h2-9H,1H3,(H,22,23)/b20-9-. The number of halogens is 1. The van der Waals surface area contributed by atoms with Crippen molar-refractivity contribution in [2.24, 2.45) is 5.10 Å². The fourth-order valence-electron chi connectivity index (χ4n) is 1.78. The molecule has 0 aliphatic carbocycles. The highest BCUT2D eigenvalue weighted by Crippen LogP contribution is 2.33. The third-order valence-electron chi connectivity index (χ3n) is 2.93. The second kappa shape index (κ2) is 8.04. The van der Waals surface area contributed by atoms with Crippen LogP contribution >= 0.6 is 27.7 Å². The average Bonchev–Trinajstić information content (AvgIpc) is 2.95. The molecule has 3 heterocycles. The summed E-state index contributed by atoms with van der Waals surface area (Å²) < 4.78 is 6.43. The van der Waals surface area contributed by atoms with E-state index in [1.807, 2.05) is 13.0 Å². The van der Waals surface area contributed by atoms with Crippen LogP contribution in [0.15, 0.2) is 67.1 Å². The molecule has 3 aromatic heterocycles. The molecule has 0 spiro atoms. The summed E-state index contributed by atoms with van der Waals surface area (Å²) in [5.74, 6) is 0.157. The zero-order valence-electron chi connectivity index (χ0n) is 13.0. The molecule has 0 saturated carbocycles. The molecule has 0 fully saturated rings. The lowest BCUT2D eigenvalue weighted by Gasteiger charge is -1.98. The number of hydrogen-bond donors (Lipinski definition) is 1. The van der Waals surface area contributed by atoms with Crippen LogP contribution in [0.25, 0.3) is 0 Å². The van der Waals surface area contributed by atoms with Crippen molar-refractivity contribution in [3.05, 3.63) is 64.3 Å². The van der Waals surface area contributed by atoms with E-state index in [0.29, 0.717) is 21.6 Å². The molecule has 1 amide bonds. The Morgan fingerprint density at radius 1 is 1.32 bits per heavy atom. The number of hydrogen-bond acceptors (Lipinski definition) is 7. The predicted octanol–water partition coefficient (Wildman–Crippen LogP) is 3.45. The molecular weight excluding hydrogens is 406 g/mol. The van der Waals surface area contributed by atoms with Gasteiger partial charge in [0.1, 0.15) is 5.76 Å². The van der Waals surface area contributed by atoms with Gasteiger partial charge in [0.15, 0.2) is 10.2 Å². The SMILES string of the molecule is Cc1ccnc(Sc2oc(/C=N\NC(=O)c3ccncc3)cc2Br)n1. The van der Waals surface area contributed by atoms with Gasteiger partial charge in [0, 0.05) is 35.9 Å². The van der Waals surface area contributed by atoms with Gasteiger partial charge in [-0.2, -0.15) is 5.10 Å². The van der Waals surface area contributed by atoms with Crippen molar-refractivity contribution in [2.75, 3.05) is 0 Å². The van der Waals surface area contributed by atoms with Gasteiger partial charge in [0.25, 0.3) is 5.91 Å². The van der Waals surface area contributed by atoms with Crippen LogP contribution in [0.2, 0.25) is 0 Å². The van der Waals surface area contributed by atoms with Gasteiger partial charge in [-0.3, -0.25) is 9.78 Å². The summed E-state index contributed by atoms with van der Waals surface area (Å²) >= 11 is 4.72. The minimum Gasteiger partial charge on any atom is -0.447 e. The fraction of sp³-hybridized carbons (Fsp3) is 0.0625. The number of amides is 1. The first kappa shape index (κ1) is 17.3. The number of pyridine rings is 1. The van der Waals surface area contributed by atoms with Gasteiger partial charge in [0.2, 0.25) is 0 Å². The number of aryl methyl sites for hydroxylation is 1. The lowest BCUT2D eigenvalue weighted by molar-refractivity contribution is 0.0955. The highest BCUT2D eigenvalue weighted by Gasteiger charge is 2.11. The van der Waals surface area contributed by atoms with Gasteiger partial charge in [-0.15, -0.1) is 0 Å². The molecule has 0 aliphatic rings. The molecule has 3 aromatic rings. The van der Waals surface area contributed by atoms with Crippen LogP contribution in [0.1, 0.15) is 21.8 Å². The Hall–Kier alpha value is -2.52. The smallest absolute Gasteiger partial charge is 0.271 e. The maximum absolute atomic E-state index is 11.9. The average molecular weight is 418 g/mol. The molecule has 0 atom stereocenters. The molecule has 7 nitrogen and oxygen atoms in total. The highest BCUT2D eigenvalue weighted by molar-refractivity contribution is 9.10. The molecule has 0 saturated heterocycles. The van der Waals surface area contributed by atoms with Gasteiger partial charge in [-0.05, 0) is 52.8 Å². The van der Waals surface area contributed by atoms with Crippen LogP contribution in [-0.2, 0) is 0 Å². The summed E-state index contributed by atoms with van der Waals surface area (Å²) in [6.45, 7) is 1.90. The number of nitrogens with one attached hydrogen (secondary N) is 1. The number of nitrogens with zero attached hydrogens (tertiary/aromatic N) is 4.